The van der Waals surface area contributed by atoms with Gasteiger partial charge in [-0.05, 0) is 38.7 Å². The van der Waals surface area contributed by atoms with Crippen LogP contribution in [0.5, 0.6) is 0 Å². The number of carbonyl (C=O) groups is 2. The molecule has 0 N–H and O–H groups in total. The summed E-state index contributed by atoms with van der Waals surface area (Å²) in [4.78, 5) is 27.9. The number of likely N-dealkylation sites (tertiary alicyclic amines) is 1. The maximum atomic E-state index is 12.7. The van der Waals surface area contributed by atoms with Gasteiger partial charge in [-0.1, -0.05) is 6.92 Å². The van der Waals surface area contributed by atoms with E-state index in [1.54, 1.807) is 16.6 Å². The second kappa shape index (κ2) is 6.11. The summed E-state index contributed by atoms with van der Waals surface area (Å²) in [6, 6.07) is 0. The van der Waals surface area contributed by atoms with Crippen molar-refractivity contribution in [1.82, 2.24) is 19.6 Å². The largest absolute Gasteiger partial charge is 0.439 e. The van der Waals surface area contributed by atoms with Crippen LogP contribution >= 0.6 is 0 Å². The molecule has 7 nitrogen and oxygen atoms in total. The maximum Gasteiger partial charge on any atom is 0.410 e. The van der Waals surface area contributed by atoms with E-state index >= 15 is 0 Å². The first kappa shape index (κ1) is 16.8. The first-order valence-corrected chi connectivity index (χ1v) is 8.60. The van der Waals surface area contributed by atoms with E-state index in [0.717, 1.165) is 30.7 Å². The van der Waals surface area contributed by atoms with Gasteiger partial charge in [-0.2, -0.15) is 5.10 Å². The van der Waals surface area contributed by atoms with Crippen molar-refractivity contribution in [3.05, 3.63) is 17.0 Å². The highest BCUT2D eigenvalue weighted by Crippen LogP contribution is 2.31. The van der Waals surface area contributed by atoms with Crippen LogP contribution in [0.15, 0.2) is 0 Å². The maximum absolute atomic E-state index is 12.7. The van der Waals surface area contributed by atoms with E-state index in [2.05, 4.69) is 12.0 Å². The van der Waals surface area contributed by atoms with Gasteiger partial charge in [-0.3, -0.25) is 9.48 Å². The van der Waals surface area contributed by atoms with Gasteiger partial charge in [0.1, 0.15) is 12.1 Å². The van der Waals surface area contributed by atoms with Crippen molar-refractivity contribution in [1.29, 1.82) is 0 Å². The van der Waals surface area contributed by atoms with Crippen molar-refractivity contribution in [3.63, 3.8) is 0 Å². The Bertz CT molecular complexity index is 669. The number of nitrogens with zero attached hydrogens (tertiary/aromatic N) is 4. The molecule has 0 bridgehead atoms. The van der Waals surface area contributed by atoms with Crippen LogP contribution in [0.2, 0.25) is 0 Å². The van der Waals surface area contributed by atoms with Crippen molar-refractivity contribution in [2.24, 2.45) is 0 Å². The number of aryl methyl sites for hydroxylation is 1. The van der Waals surface area contributed by atoms with Crippen LogP contribution in [-0.4, -0.2) is 63.9 Å². The van der Waals surface area contributed by atoms with Crippen LogP contribution in [0.4, 0.5) is 4.79 Å². The molecule has 24 heavy (non-hydrogen) atoms. The third kappa shape index (κ3) is 2.87. The van der Waals surface area contributed by atoms with E-state index in [1.807, 2.05) is 18.7 Å². The van der Waals surface area contributed by atoms with E-state index in [1.165, 1.54) is 5.56 Å². The molecule has 2 amide bonds. The van der Waals surface area contributed by atoms with Crippen molar-refractivity contribution in [2.45, 2.75) is 52.2 Å². The average molecular weight is 334 g/mol. The molecular formula is C17H26N4O3. The number of carbonyl (C=O) groups excluding carboxylic acids is 2. The van der Waals surface area contributed by atoms with Gasteiger partial charge in [0.05, 0.1) is 18.8 Å². The number of likely N-dealkylation sites (N-methyl/N-ethyl adjacent to an activating group) is 1. The summed E-state index contributed by atoms with van der Waals surface area (Å²) in [6.07, 6.45) is 2.29. The molecule has 3 rings (SSSR count). The van der Waals surface area contributed by atoms with Gasteiger partial charge in [0, 0.05) is 19.3 Å². The minimum Gasteiger partial charge on any atom is -0.439 e. The van der Waals surface area contributed by atoms with Crippen molar-refractivity contribution in [3.8, 4) is 0 Å². The number of piperidine rings is 1. The Hall–Kier alpha value is -2.05. The van der Waals surface area contributed by atoms with Crippen LogP contribution < -0.4 is 0 Å². The van der Waals surface area contributed by atoms with E-state index in [4.69, 9.17) is 4.74 Å². The van der Waals surface area contributed by atoms with Crippen LogP contribution in [0.3, 0.4) is 0 Å². The zero-order valence-corrected chi connectivity index (χ0v) is 15.0. The lowest BCUT2D eigenvalue weighted by molar-refractivity contribution is -0.137. The smallest absolute Gasteiger partial charge is 0.410 e. The van der Waals surface area contributed by atoms with Gasteiger partial charge in [0.2, 0.25) is 5.91 Å². The Morgan fingerprint density at radius 1 is 1.33 bits per heavy atom. The number of hydrogen-bond donors (Lipinski definition) is 0. The lowest BCUT2D eigenvalue weighted by Gasteiger charge is -2.38. The van der Waals surface area contributed by atoms with Gasteiger partial charge in [-0.15, -0.1) is 0 Å². The third-order valence-electron chi connectivity index (χ3n) is 5.20. The van der Waals surface area contributed by atoms with Gasteiger partial charge in [0.15, 0.2) is 0 Å². The molecule has 1 atom stereocenters. The van der Waals surface area contributed by atoms with E-state index in [0.29, 0.717) is 19.6 Å². The summed E-state index contributed by atoms with van der Waals surface area (Å²) in [5, 5.41) is 4.50. The molecule has 0 radical (unpaired) electrons. The standard InChI is InChI=1S/C17H26N4O3/c1-5-14-12(2)18-21(13(14)3)9-15(22)20-8-6-7-17(11-20)10-19(4)16(23)24-17/h5-11H2,1-4H3/t17-/m1/s1. The fourth-order valence-corrected chi connectivity index (χ4v) is 3.94. The number of rotatable bonds is 3. The Morgan fingerprint density at radius 3 is 2.67 bits per heavy atom. The molecule has 7 heteroatoms. The van der Waals surface area contributed by atoms with Gasteiger partial charge in [-0.25, -0.2) is 4.79 Å². The van der Waals surface area contributed by atoms with E-state index < -0.39 is 5.60 Å². The first-order valence-electron chi connectivity index (χ1n) is 8.60. The molecular weight excluding hydrogens is 308 g/mol. The van der Waals surface area contributed by atoms with Crippen molar-refractivity contribution >= 4 is 12.0 Å². The van der Waals surface area contributed by atoms with Crippen LogP contribution in [0.25, 0.3) is 0 Å². The van der Waals surface area contributed by atoms with E-state index in [-0.39, 0.29) is 18.5 Å². The summed E-state index contributed by atoms with van der Waals surface area (Å²) in [5.41, 5.74) is 2.72. The lowest BCUT2D eigenvalue weighted by atomic mass is 9.92. The zero-order valence-electron chi connectivity index (χ0n) is 15.0. The summed E-state index contributed by atoms with van der Waals surface area (Å²) in [5.74, 6) is 0.0351. The van der Waals surface area contributed by atoms with Gasteiger partial charge in [0.25, 0.3) is 0 Å². The Morgan fingerprint density at radius 2 is 2.08 bits per heavy atom. The molecule has 0 aliphatic carbocycles. The minimum absolute atomic E-state index is 0.0351. The highest BCUT2D eigenvalue weighted by Gasteiger charge is 2.47. The molecule has 132 valence electrons. The molecule has 2 saturated heterocycles. The fraction of sp³-hybridized carbons (Fsp3) is 0.706. The monoisotopic (exact) mass is 334 g/mol. The van der Waals surface area contributed by atoms with Crippen molar-refractivity contribution < 1.29 is 14.3 Å². The first-order chi connectivity index (χ1) is 11.3. The molecule has 0 saturated carbocycles. The summed E-state index contributed by atoms with van der Waals surface area (Å²) < 4.78 is 7.36. The van der Waals surface area contributed by atoms with Crippen LogP contribution in [-0.2, 0) is 22.5 Å². The normalized spacial score (nSPS) is 23.9. The lowest BCUT2D eigenvalue weighted by Crippen LogP contribution is -2.53. The highest BCUT2D eigenvalue weighted by molar-refractivity contribution is 5.77. The Kier molecular flexibility index (Phi) is 4.27. The van der Waals surface area contributed by atoms with E-state index in [9.17, 15) is 9.59 Å². The summed E-state index contributed by atoms with van der Waals surface area (Å²) in [7, 11) is 1.74. The van der Waals surface area contributed by atoms with Crippen molar-refractivity contribution in [2.75, 3.05) is 26.7 Å². The average Bonchev–Trinajstić information content (AvgIpc) is 2.95. The molecule has 2 aliphatic heterocycles. The molecule has 1 spiro atoms. The minimum atomic E-state index is -0.538. The number of ether oxygens (including phenoxy) is 1. The number of hydrogen-bond acceptors (Lipinski definition) is 4. The predicted octanol–water partition coefficient (Wildman–Crippen LogP) is 1.51. The Balaban J connectivity index is 1.70. The summed E-state index contributed by atoms with van der Waals surface area (Å²) in [6.45, 7) is 8.07. The SMILES string of the molecule is CCc1c(C)nn(CC(=O)N2CCC[C@@]3(CN(C)C(=O)O3)C2)c1C. The third-order valence-corrected chi connectivity index (χ3v) is 5.20. The summed E-state index contributed by atoms with van der Waals surface area (Å²) >= 11 is 0. The highest BCUT2D eigenvalue weighted by atomic mass is 16.6. The Labute approximate surface area is 142 Å². The van der Waals surface area contributed by atoms with Gasteiger partial charge >= 0.3 is 6.09 Å². The fourth-order valence-electron chi connectivity index (χ4n) is 3.94. The second-order valence-electron chi connectivity index (χ2n) is 6.99. The molecule has 0 aromatic carbocycles. The number of aromatic nitrogens is 2. The van der Waals surface area contributed by atoms with Crippen LogP contribution in [0.1, 0.15) is 36.7 Å². The second-order valence-corrected chi connectivity index (χ2v) is 6.99. The molecule has 2 aliphatic rings. The van der Waals surface area contributed by atoms with Crippen LogP contribution in [0, 0.1) is 13.8 Å². The molecule has 3 heterocycles. The van der Waals surface area contributed by atoms with Gasteiger partial charge < -0.3 is 14.5 Å². The topological polar surface area (TPSA) is 67.7 Å². The predicted molar refractivity (Wildman–Crippen MR) is 88.7 cm³/mol. The molecule has 1 aromatic rings. The number of amides is 2. The molecule has 0 unspecified atom stereocenters. The molecule has 1 aromatic heterocycles. The zero-order chi connectivity index (χ0) is 17.5. The quantitative estimate of drug-likeness (QED) is 0.840. The molecule has 2 fully saturated rings.